The van der Waals surface area contributed by atoms with Crippen molar-refractivity contribution in [3.63, 3.8) is 0 Å². The molecule has 0 bridgehead atoms. The average Bonchev–Trinajstić information content (AvgIpc) is 2.26. The second kappa shape index (κ2) is 4.44. The van der Waals surface area contributed by atoms with Gasteiger partial charge in [-0.2, -0.15) is 10.5 Å². The molecule has 0 atom stereocenters. The molecule has 70 valence electrons. The normalized spacial score (nSPS) is 9.14. The first-order valence-corrected chi connectivity index (χ1v) is 4.73. The van der Waals surface area contributed by atoms with Crippen molar-refractivity contribution in [2.75, 3.05) is 0 Å². The summed E-state index contributed by atoms with van der Waals surface area (Å²) in [5, 5.41) is 18.0. The van der Waals surface area contributed by atoms with E-state index in [0.29, 0.717) is 11.1 Å². The van der Waals surface area contributed by atoms with Crippen molar-refractivity contribution < 1.29 is 0 Å². The molecule has 0 radical (unpaired) electrons. The maximum atomic E-state index is 8.98. The highest BCUT2D eigenvalue weighted by Gasteiger charge is 2.10. The zero-order valence-corrected chi connectivity index (χ0v) is 8.46. The summed E-state index contributed by atoms with van der Waals surface area (Å²) >= 11 is 0. The summed E-state index contributed by atoms with van der Waals surface area (Å²) in [7, 11) is 0. The van der Waals surface area contributed by atoms with Crippen molar-refractivity contribution in [1.29, 1.82) is 10.5 Å². The first kappa shape index (κ1) is 10.3. The number of rotatable bonds is 2. The maximum Gasteiger partial charge on any atom is 0.101 e. The molecule has 0 aliphatic rings. The molecular formula is C12H12N2. The van der Waals surface area contributed by atoms with E-state index in [2.05, 4.69) is 12.1 Å². The van der Waals surface area contributed by atoms with Gasteiger partial charge in [0.2, 0.25) is 0 Å². The van der Waals surface area contributed by atoms with E-state index < -0.39 is 0 Å². The molecule has 0 aromatic heterocycles. The number of aryl methyl sites for hydroxylation is 2. The van der Waals surface area contributed by atoms with E-state index in [-0.39, 0.29) is 0 Å². The highest BCUT2D eigenvalue weighted by Crippen LogP contribution is 2.19. The van der Waals surface area contributed by atoms with Crippen LogP contribution in [0.15, 0.2) is 12.1 Å². The van der Waals surface area contributed by atoms with E-state index in [9.17, 15) is 0 Å². The van der Waals surface area contributed by atoms with Crippen LogP contribution in [0.25, 0.3) is 0 Å². The summed E-state index contributed by atoms with van der Waals surface area (Å²) in [6.45, 7) is 3.98. The van der Waals surface area contributed by atoms with Crippen LogP contribution in [0.1, 0.15) is 36.1 Å². The van der Waals surface area contributed by atoms with E-state index in [1.54, 1.807) is 0 Å². The predicted octanol–water partition coefficient (Wildman–Crippen LogP) is 2.55. The lowest BCUT2D eigenvalue weighted by Crippen LogP contribution is -1.97. The van der Waals surface area contributed by atoms with Crippen LogP contribution in [0.4, 0.5) is 0 Å². The van der Waals surface area contributed by atoms with Crippen LogP contribution < -0.4 is 0 Å². The van der Waals surface area contributed by atoms with E-state index in [0.717, 1.165) is 24.0 Å². The van der Waals surface area contributed by atoms with E-state index in [1.165, 1.54) is 0 Å². The molecule has 1 aromatic carbocycles. The molecule has 0 fully saturated rings. The van der Waals surface area contributed by atoms with Gasteiger partial charge in [0.1, 0.15) is 12.1 Å². The quantitative estimate of drug-likeness (QED) is 0.709. The number of benzene rings is 1. The number of hydrogen-bond donors (Lipinski definition) is 0. The van der Waals surface area contributed by atoms with E-state index in [1.807, 2.05) is 26.0 Å². The third-order valence-electron chi connectivity index (χ3n) is 2.36. The lowest BCUT2D eigenvalue weighted by molar-refractivity contribution is 1.08. The number of nitriles is 2. The average molecular weight is 184 g/mol. The highest BCUT2D eigenvalue weighted by atomic mass is 14.3. The lowest BCUT2D eigenvalue weighted by Gasteiger charge is -2.06. The van der Waals surface area contributed by atoms with Crippen molar-refractivity contribution in [3.8, 4) is 12.1 Å². The van der Waals surface area contributed by atoms with Gasteiger partial charge in [-0.1, -0.05) is 26.0 Å². The Morgan fingerprint density at radius 3 is 1.50 bits per heavy atom. The second-order valence-corrected chi connectivity index (χ2v) is 3.06. The standard InChI is InChI=1S/C12H12N2/c1-3-9-5-6-10(4-2)12(8-14)11(9)7-13/h5-6H,3-4H2,1-2H3. The van der Waals surface area contributed by atoms with Gasteiger partial charge >= 0.3 is 0 Å². The Morgan fingerprint density at radius 1 is 0.929 bits per heavy atom. The first-order chi connectivity index (χ1) is 6.78. The molecule has 14 heavy (non-hydrogen) atoms. The Kier molecular flexibility index (Phi) is 3.26. The molecule has 2 nitrogen and oxygen atoms in total. The molecule has 0 saturated carbocycles. The van der Waals surface area contributed by atoms with Gasteiger partial charge in [-0.05, 0) is 24.0 Å². The molecule has 0 saturated heterocycles. The topological polar surface area (TPSA) is 47.6 Å². The summed E-state index contributed by atoms with van der Waals surface area (Å²) in [5.41, 5.74) is 3.02. The summed E-state index contributed by atoms with van der Waals surface area (Å²) in [5.74, 6) is 0. The zero-order valence-electron chi connectivity index (χ0n) is 8.46. The van der Waals surface area contributed by atoms with Gasteiger partial charge in [-0.25, -0.2) is 0 Å². The lowest BCUT2D eigenvalue weighted by atomic mass is 9.95. The minimum Gasteiger partial charge on any atom is -0.192 e. The predicted molar refractivity (Wildman–Crippen MR) is 54.6 cm³/mol. The molecule has 0 N–H and O–H groups in total. The van der Waals surface area contributed by atoms with Gasteiger partial charge in [0.25, 0.3) is 0 Å². The fourth-order valence-corrected chi connectivity index (χ4v) is 1.53. The fraction of sp³-hybridized carbons (Fsp3) is 0.333. The van der Waals surface area contributed by atoms with Crippen molar-refractivity contribution in [2.45, 2.75) is 26.7 Å². The minimum absolute atomic E-state index is 0.550. The number of nitrogens with zero attached hydrogens (tertiary/aromatic N) is 2. The Hall–Kier alpha value is -1.80. The summed E-state index contributed by atoms with van der Waals surface area (Å²) < 4.78 is 0. The van der Waals surface area contributed by atoms with E-state index in [4.69, 9.17) is 10.5 Å². The van der Waals surface area contributed by atoms with Gasteiger partial charge in [-0.3, -0.25) is 0 Å². The van der Waals surface area contributed by atoms with Gasteiger partial charge in [0.15, 0.2) is 0 Å². The molecular weight excluding hydrogens is 172 g/mol. The molecule has 0 aliphatic carbocycles. The molecule has 0 unspecified atom stereocenters. The van der Waals surface area contributed by atoms with Crippen LogP contribution in [0, 0.1) is 22.7 Å². The molecule has 1 aromatic rings. The third kappa shape index (κ3) is 1.60. The summed E-state index contributed by atoms with van der Waals surface area (Å²) in [4.78, 5) is 0. The smallest absolute Gasteiger partial charge is 0.101 e. The monoisotopic (exact) mass is 184 g/mol. The van der Waals surface area contributed by atoms with Crippen molar-refractivity contribution >= 4 is 0 Å². The van der Waals surface area contributed by atoms with Crippen molar-refractivity contribution in [3.05, 3.63) is 34.4 Å². The van der Waals surface area contributed by atoms with Gasteiger partial charge in [0, 0.05) is 0 Å². The number of hydrogen-bond acceptors (Lipinski definition) is 2. The Balaban J connectivity index is 3.48. The van der Waals surface area contributed by atoms with Crippen LogP contribution in [0.5, 0.6) is 0 Å². The molecule has 1 rings (SSSR count). The zero-order chi connectivity index (χ0) is 10.6. The SMILES string of the molecule is CCc1ccc(CC)c(C#N)c1C#N. The van der Waals surface area contributed by atoms with Crippen molar-refractivity contribution in [1.82, 2.24) is 0 Å². The minimum atomic E-state index is 0.550. The van der Waals surface area contributed by atoms with Crippen LogP contribution in [-0.4, -0.2) is 0 Å². The van der Waals surface area contributed by atoms with Gasteiger partial charge < -0.3 is 0 Å². The first-order valence-electron chi connectivity index (χ1n) is 4.73. The van der Waals surface area contributed by atoms with Crippen LogP contribution >= 0.6 is 0 Å². The van der Waals surface area contributed by atoms with Crippen LogP contribution in [-0.2, 0) is 12.8 Å². The molecule has 0 aliphatic heterocycles. The third-order valence-corrected chi connectivity index (χ3v) is 2.36. The molecule has 0 heterocycles. The van der Waals surface area contributed by atoms with Gasteiger partial charge in [-0.15, -0.1) is 0 Å². The largest absolute Gasteiger partial charge is 0.192 e. The summed E-state index contributed by atoms with van der Waals surface area (Å²) in [6.07, 6.45) is 1.59. The molecule has 2 heteroatoms. The summed E-state index contributed by atoms with van der Waals surface area (Å²) in [6, 6.07) is 8.12. The molecule has 0 amide bonds. The van der Waals surface area contributed by atoms with E-state index >= 15 is 0 Å². The Morgan fingerprint density at radius 2 is 1.29 bits per heavy atom. The highest BCUT2D eigenvalue weighted by molar-refractivity contribution is 5.54. The fourth-order valence-electron chi connectivity index (χ4n) is 1.53. The Bertz CT molecular complexity index is 378. The van der Waals surface area contributed by atoms with Gasteiger partial charge in [0.05, 0.1) is 11.1 Å². The van der Waals surface area contributed by atoms with Crippen LogP contribution in [0.3, 0.4) is 0 Å². The Labute approximate surface area is 84.4 Å². The van der Waals surface area contributed by atoms with Crippen molar-refractivity contribution in [2.24, 2.45) is 0 Å². The van der Waals surface area contributed by atoms with Crippen LogP contribution in [0.2, 0.25) is 0 Å². The second-order valence-electron chi connectivity index (χ2n) is 3.06. The maximum absolute atomic E-state index is 8.98. The molecule has 0 spiro atoms.